The molecular formula is C13H29NO. The molecule has 1 atom stereocenters. The molecule has 2 heteroatoms. The summed E-state index contributed by atoms with van der Waals surface area (Å²) in [6.45, 7) is 5.40. The molecule has 1 unspecified atom stereocenters. The molecule has 0 spiro atoms. The molecule has 0 aliphatic heterocycles. The fraction of sp³-hybridized carbons (Fsp3) is 1.00. The van der Waals surface area contributed by atoms with E-state index in [1.54, 1.807) is 0 Å². The molecule has 0 fully saturated rings. The summed E-state index contributed by atoms with van der Waals surface area (Å²) < 4.78 is 0. The normalized spacial score (nSPS) is 13.0. The molecule has 0 aliphatic rings. The van der Waals surface area contributed by atoms with Gasteiger partial charge in [-0.2, -0.15) is 0 Å². The lowest BCUT2D eigenvalue weighted by Crippen LogP contribution is -2.29. The molecule has 0 aromatic rings. The first-order valence-electron chi connectivity index (χ1n) is 6.72. The van der Waals surface area contributed by atoms with Crippen LogP contribution in [-0.4, -0.2) is 17.9 Å². The number of rotatable bonds is 11. The highest BCUT2D eigenvalue weighted by Gasteiger charge is 2.01. The highest BCUT2D eigenvalue weighted by Crippen LogP contribution is 2.04. The van der Waals surface area contributed by atoms with Crippen LogP contribution in [0.25, 0.3) is 0 Å². The van der Waals surface area contributed by atoms with Gasteiger partial charge >= 0.3 is 0 Å². The fourth-order valence-electron chi connectivity index (χ4n) is 1.69. The van der Waals surface area contributed by atoms with E-state index in [-0.39, 0.29) is 6.23 Å². The van der Waals surface area contributed by atoms with E-state index in [2.05, 4.69) is 19.2 Å². The maximum atomic E-state index is 9.59. The molecule has 0 bridgehead atoms. The van der Waals surface area contributed by atoms with Gasteiger partial charge in [-0.05, 0) is 25.8 Å². The molecule has 2 nitrogen and oxygen atoms in total. The molecule has 0 amide bonds. The quantitative estimate of drug-likeness (QED) is 0.409. The van der Waals surface area contributed by atoms with E-state index in [0.29, 0.717) is 0 Å². The van der Waals surface area contributed by atoms with Crippen molar-refractivity contribution in [2.45, 2.75) is 77.9 Å². The van der Waals surface area contributed by atoms with E-state index >= 15 is 0 Å². The smallest absolute Gasteiger partial charge is 0.104 e. The van der Waals surface area contributed by atoms with E-state index in [4.69, 9.17) is 0 Å². The van der Waals surface area contributed by atoms with Gasteiger partial charge < -0.3 is 5.11 Å². The van der Waals surface area contributed by atoms with Crippen LogP contribution in [0, 0.1) is 0 Å². The van der Waals surface area contributed by atoms with Crippen LogP contribution < -0.4 is 5.32 Å². The maximum absolute atomic E-state index is 9.59. The van der Waals surface area contributed by atoms with Crippen molar-refractivity contribution in [3.63, 3.8) is 0 Å². The van der Waals surface area contributed by atoms with E-state index < -0.39 is 0 Å². The second-order valence-corrected chi connectivity index (χ2v) is 4.38. The fourth-order valence-corrected chi connectivity index (χ4v) is 1.69. The van der Waals surface area contributed by atoms with Crippen LogP contribution in [0.15, 0.2) is 0 Å². The third-order valence-corrected chi connectivity index (χ3v) is 2.74. The molecule has 0 aliphatic carbocycles. The van der Waals surface area contributed by atoms with Crippen molar-refractivity contribution in [2.24, 2.45) is 0 Å². The number of hydrogen-bond donors (Lipinski definition) is 2. The lowest BCUT2D eigenvalue weighted by atomic mass is 10.1. The van der Waals surface area contributed by atoms with E-state index in [1.165, 1.54) is 44.9 Å². The summed E-state index contributed by atoms with van der Waals surface area (Å²) in [6, 6.07) is 0. The van der Waals surface area contributed by atoms with Crippen LogP contribution >= 0.6 is 0 Å². The van der Waals surface area contributed by atoms with Gasteiger partial charge in [-0.25, -0.2) is 0 Å². The number of hydrogen-bond acceptors (Lipinski definition) is 2. The van der Waals surface area contributed by atoms with Crippen LogP contribution in [-0.2, 0) is 0 Å². The van der Waals surface area contributed by atoms with Crippen molar-refractivity contribution in [1.82, 2.24) is 5.32 Å². The van der Waals surface area contributed by atoms with E-state index in [9.17, 15) is 5.11 Å². The molecule has 0 aromatic heterocycles. The highest BCUT2D eigenvalue weighted by molar-refractivity contribution is 4.55. The van der Waals surface area contributed by atoms with Crippen molar-refractivity contribution in [2.75, 3.05) is 6.54 Å². The Bertz CT molecular complexity index is 117. The van der Waals surface area contributed by atoms with Gasteiger partial charge in [0.1, 0.15) is 6.23 Å². The third kappa shape index (κ3) is 11.8. The number of nitrogens with one attached hydrogen (secondary N) is 1. The molecule has 0 aromatic carbocycles. The Labute approximate surface area is 95.5 Å². The minimum atomic E-state index is -0.275. The largest absolute Gasteiger partial charge is 0.379 e. The first-order valence-corrected chi connectivity index (χ1v) is 6.72. The molecular weight excluding hydrogens is 186 g/mol. The minimum Gasteiger partial charge on any atom is -0.379 e. The number of aliphatic hydroxyl groups is 1. The van der Waals surface area contributed by atoms with Gasteiger partial charge in [0.05, 0.1) is 0 Å². The molecule has 0 saturated carbocycles. The summed E-state index contributed by atoms with van der Waals surface area (Å²) in [5.41, 5.74) is 0. The second kappa shape index (κ2) is 12.0. The summed E-state index contributed by atoms with van der Waals surface area (Å²) in [7, 11) is 0. The predicted octanol–water partition coefficient (Wildman–Crippen LogP) is 3.45. The Morgan fingerprint density at radius 1 is 0.867 bits per heavy atom. The Kier molecular flexibility index (Phi) is 11.9. The third-order valence-electron chi connectivity index (χ3n) is 2.74. The SMILES string of the molecule is CCCCCCNC(O)CCCCCC. The zero-order valence-corrected chi connectivity index (χ0v) is 10.6. The molecule has 0 radical (unpaired) electrons. The molecule has 92 valence electrons. The zero-order chi connectivity index (χ0) is 11.4. The first-order chi connectivity index (χ1) is 7.31. The maximum Gasteiger partial charge on any atom is 0.104 e. The lowest BCUT2D eigenvalue weighted by Gasteiger charge is -2.12. The molecule has 0 rings (SSSR count). The van der Waals surface area contributed by atoms with Crippen LogP contribution in [0.1, 0.15) is 71.6 Å². The lowest BCUT2D eigenvalue weighted by molar-refractivity contribution is 0.124. The van der Waals surface area contributed by atoms with Gasteiger partial charge in [0, 0.05) is 0 Å². The average Bonchev–Trinajstić information content (AvgIpc) is 2.24. The number of unbranched alkanes of at least 4 members (excludes halogenated alkanes) is 6. The van der Waals surface area contributed by atoms with E-state index in [1.807, 2.05) is 0 Å². The van der Waals surface area contributed by atoms with Crippen molar-refractivity contribution in [3.05, 3.63) is 0 Å². The Morgan fingerprint density at radius 3 is 2.07 bits per heavy atom. The summed E-state index contributed by atoms with van der Waals surface area (Å²) >= 11 is 0. The zero-order valence-electron chi connectivity index (χ0n) is 10.6. The Morgan fingerprint density at radius 2 is 1.47 bits per heavy atom. The first kappa shape index (κ1) is 14.9. The van der Waals surface area contributed by atoms with Gasteiger partial charge in [-0.3, -0.25) is 5.32 Å². The molecule has 15 heavy (non-hydrogen) atoms. The summed E-state index contributed by atoms with van der Waals surface area (Å²) in [5, 5.41) is 12.8. The van der Waals surface area contributed by atoms with Crippen molar-refractivity contribution < 1.29 is 5.11 Å². The summed E-state index contributed by atoms with van der Waals surface area (Å²) in [4.78, 5) is 0. The van der Waals surface area contributed by atoms with Crippen LogP contribution in [0.4, 0.5) is 0 Å². The van der Waals surface area contributed by atoms with Crippen LogP contribution in [0.3, 0.4) is 0 Å². The molecule has 0 heterocycles. The van der Waals surface area contributed by atoms with Gasteiger partial charge in [-0.1, -0.05) is 52.4 Å². The second-order valence-electron chi connectivity index (χ2n) is 4.38. The monoisotopic (exact) mass is 215 g/mol. The van der Waals surface area contributed by atoms with Gasteiger partial charge in [-0.15, -0.1) is 0 Å². The average molecular weight is 215 g/mol. The van der Waals surface area contributed by atoms with Gasteiger partial charge in [0.15, 0.2) is 0 Å². The highest BCUT2D eigenvalue weighted by atomic mass is 16.3. The Balaban J connectivity index is 3.08. The van der Waals surface area contributed by atoms with Gasteiger partial charge in [0.2, 0.25) is 0 Å². The summed E-state index contributed by atoms with van der Waals surface area (Å²) in [5.74, 6) is 0. The Hall–Kier alpha value is -0.0800. The van der Waals surface area contributed by atoms with Crippen LogP contribution in [0.2, 0.25) is 0 Å². The van der Waals surface area contributed by atoms with Gasteiger partial charge in [0.25, 0.3) is 0 Å². The molecule has 0 saturated heterocycles. The number of aliphatic hydroxyl groups excluding tert-OH is 1. The molecule has 2 N–H and O–H groups in total. The van der Waals surface area contributed by atoms with Crippen molar-refractivity contribution >= 4 is 0 Å². The van der Waals surface area contributed by atoms with Crippen molar-refractivity contribution in [1.29, 1.82) is 0 Å². The topological polar surface area (TPSA) is 32.3 Å². The van der Waals surface area contributed by atoms with E-state index in [0.717, 1.165) is 19.4 Å². The standard InChI is InChI=1S/C13H29NO/c1-3-5-7-9-11-13(15)14-12-10-8-6-4-2/h13-15H,3-12H2,1-2H3. The minimum absolute atomic E-state index is 0.275. The van der Waals surface area contributed by atoms with Crippen molar-refractivity contribution in [3.8, 4) is 0 Å². The predicted molar refractivity (Wildman–Crippen MR) is 66.9 cm³/mol. The summed E-state index contributed by atoms with van der Waals surface area (Å²) in [6.07, 6.45) is 10.7. The van der Waals surface area contributed by atoms with Crippen LogP contribution in [0.5, 0.6) is 0 Å².